The topological polar surface area (TPSA) is 69.6 Å². The highest BCUT2D eigenvalue weighted by atomic mass is 16.3. The van der Waals surface area contributed by atoms with Gasteiger partial charge in [-0.05, 0) is 105 Å². The van der Waals surface area contributed by atoms with Gasteiger partial charge in [-0.2, -0.15) is 0 Å². The Morgan fingerprint density at radius 2 is 1.91 bits per heavy atom. The molecule has 4 rings (SSSR count). The molecule has 3 saturated carbocycles. The van der Waals surface area contributed by atoms with Gasteiger partial charge in [0.05, 0.1) is 6.10 Å². The highest BCUT2D eigenvalue weighted by molar-refractivity contribution is 5.94. The van der Waals surface area contributed by atoms with E-state index in [1.165, 1.54) is 12.0 Å². The van der Waals surface area contributed by atoms with Crippen LogP contribution in [0.25, 0.3) is 0 Å². The van der Waals surface area contributed by atoms with Crippen LogP contribution in [0.15, 0.2) is 36.4 Å². The molecular formula is C28H41NO3. The summed E-state index contributed by atoms with van der Waals surface area (Å²) in [4.78, 5) is 12.9. The van der Waals surface area contributed by atoms with Gasteiger partial charge in [-0.25, -0.2) is 0 Å². The molecule has 0 aromatic heterocycles. The maximum absolute atomic E-state index is 12.9. The van der Waals surface area contributed by atoms with Gasteiger partial charge < -0.3 is 15.5 Å². The SMILES string of the molecule is C=C1CC[C@H]2[C@H](CNC(=O)c3ccc(C)cc3)[C@@H]([C@@H]3CC[C@H](O)C[C@@H]3CCO)CC[C@]12C. The van der Waals surface area contributed by atoms with E-state index in [-0.39, 0.29) is 24.0 Å². The van der Waals surface area contributed by atoms with Crippen LogP contribution in [0.3, 0.4) is 0 Å². The maximum Gasteiger partial charge on any atom is 0.251 e. The second-order valence-electron chi connectivity index (χ2n) is 11.0. The van der Waals surface area contributed by atoms with Crippen molar-refractivity contribution in [3.63, 3.8) is 0 Å². The monoisotopic (exact) mass is 439 g/mol. The molecule has 0 heterocycles. The van der Waals surface area contributed by atoms with Crippen molar-refractivity contribution in [3.05, 3.63) is 47.5 Å². The second-order valence-corrected chi connectivity index (χ2v) is 11.0. The van der Waals surface area contributed by atoms with Gasteiger partial charge in [0.2, 0.25) is 0 Å². The molecule has 0 aliphatic heterocycles. The molecule has 0 radical (unpaired) electrons. The number of aliphatic hydroxyl groups excluding tert-OH is 2. The van der Waals surface area contributed by atoms with Crippen molar-refractivity contribution in [2.24, 2.45) is 35.0 Å². The Bertz CT molecular complexity index is 818. The summed E-state index contributed by atoms with van der Waals surface area (Å²) in [6, 6.07) is 7.79. The number of carbonyl (C=O) groups is 1. The van der Waals surface area contributed by atoms with E-state index in [4.69, 9.17) is 0 Å². The van der Waals surface area contributed by atoms with Gasteiger partial charge in [0.1, 0.15) is 0 Å². The van der Waals surface area contributed by atoms with Crippen LogP contribution in [0.2, 0.25) is 0 Å². The van der Waals surface area contributed by atoms with Gasteiger partial charge in [0, 0.05) is 18.7 Å². The molecule has 3 fully saturated rings. The molecule has 7 atom stereocenters. The Balaban J connectivity index is 1.55. The summed E-state index contributed by atoms with van der Waals surface area (Å²) in [6.07, 6.45) is 7.82. The van der Waals surface area contributed by atoms with E-state index >= 15 is 0 Å². The van der Waals surface area contributed by atoms with E-state index in [0.717, 1.165) is 56.1 Å². The summed E-state index contributed by atoms with van der Waals surface area (Å²) in [6.45, 7) is 9.76. The molecule has 1 amide bonds. The minimum Gasteiger partial charge on any atom is -0.396 e. The third-order valence-corrected chi connectivity index (χ3v) is 9.32. The number of allylic oxidation sites excluding steroid dienone is 1. The Morgan fingerprint density at radius 3 is 2.62 bits per heavy atom. The third kappa shape index (κ3) is 4.54. The van der Waals surface area contributed by atoms with Gasteiger partial charge in [0.25, 0.3) is 5.91 Å². The maximum atomic E-state index is 12.9. The van der Waals surface area contributed by atoms with E-state index in [1.54, 1.807) is 0 Å². The molecular weight excluding hydrogens is 398 g/mol. The fourth-order valence-corrected chi connectivity index (χ4v) is 7.39. The van der Waals surface area contributed by atoms with Crippen LogP contribution in [-0.2, 0) is 0 Å². The minimum absolute atomic E-state index is 0.0128. The number of aryl methyl sites for hydroxylation is 1. The molecule has 0 bridgehead atoms. The molecule has 176 valence electrons. The van der Waals surface area contributed by atoms with E-state index in [0.29, 0.717) is 36.1 Å². The lowest BCUT2D eigenvalue weighted by atomic mass is 9.54. The number of carbonyl (C=O) groups excluding carboxylic acids is 1. The molecule has 0 saturated heterocycles. The molecule has 32 heavy (non-hydrogen) atoms. The summed E-state index contributed by atoms with van der Waals surface area (Å²) < 4.78 is 0. The van der Waals surface area contributed by atoms with Crippen LogP contribution >= 0.6 is 0 Å². The number of hydrogen-bond donors (Lipinski definition) is 3. The van der Waals surface area contributed by atoms with Crippen LogP contribution in [0, 0.1) is 41.9 Å². The molecule has 4 nitrogen and oxygen atoms in total. The first-order chi connectivity index (χ1) is 15.3. The van der Waals surface area contributed by atoms with Gasteiger partial charge in [0.15, 0.2) is 0 Å². The molecule has 0 unspecified atom stereocenters. The summed E-state index contributed by atoms with van der Waals surface area (Å²) >= 11 is 0. The highest BCUT2D eigenvalue weighted by Gasteiger charge is 2.53. The van der Waals surface area contributed by atoms with E-state index in [9.17, 15) is 15.0 Å². The Labute approximate surface area is 193 Å². The summed E-state index contributed by atoms with van der Waals surface area (Å²) in [5.41, 5.74) is 3.45. The second kappa shape index (κ2) is 9.69. The van der Waals surface area contributed by atoms with Crippen molar-refractivity contribution in [3.8, 4) is 0 Å². The standard InChI is InChI=1S/C28H41NO3/c1-18-4-7-20(8-5-18)27(32)29-17-25-24(12-14-28(3)19(2)6-11-26(25)28)23-10-9-22(31)16-21(23)13-15-30/h4-5,7-8,21-26,30-31H,2,6,9-17H2,1,3H3,(H,29,32)/t21-,22-,23+,24+,25+,26-,28+/m0/s1. The number of nitrogens with one attached hydrogen (secondary N) is 1. The van der Waals surface area contributed by atoms with Crippen molar-refractivity contribution < 1.29 is 15.0 Å². The number of hydrogen-bond acceptors (Lipinski definition) is 3. The lowest BCUT2D eigenvalue weighted by molar-refractivity contribution is -0.0282. The number of benzene rings is 1. The van der Waals surface area contributed by atoms with Crippen molar-refractivity contribution in [1.29, 1.82) is 0 Å². The van der Waals surface area contributed by atoms with Gasteiger partial charge in [-0.3, -0.25) is 4.79 Å². The zero-order valence-corrected chi connectivity index (χ0v) is 19.9. The normalized spacial score (nSPS) is 37.2. The lowest BCUT2D eigenvalue weighted by Crippen LogP contribution is -2.49. The number of fused-ring (bicyclic) bond motifs is 1. The Kier molecular flexibility index (Phi) is 7.11. The molecule has 4 heteroatoms. The van der Waals surface area contributed by atoms with Crippen molar-refractivity contribution >= 4 is 5.91 Å². The summed E-state index contributed by atoms with van der Waals surface area (Å²) in [7, 11) is 0. The molecule has 3 aliphatic rings. The number of amides is 1. The van der Waals surface area contributed by atoms with Crippen molar-refractivity contribution in [2.45, 2.75) is 71.3 Å². The highest BCUT2D eigenvalue weighted by Crippen LogP contribution is 2.60. The largest absolute Gasteiger partial charge is 0.396 e. The van der Waals surface area contributed by atoms with E-state index in [1.807, 2.05) is 31.2 Å². The van der Waals surface area contributed by atoms with Crippen LogP contribution in [0.1, 0.15) is 74.2 Å². The van der Waals surface area contributed by atoms with E-state index < -0.39 is 0 Å². The number of rotatable bonds is 6. The Hall–Kier alpha value is -1.65. The Morgan fingerprint density at radius 1 is 1.16 bits per heavy atom. The third-order valence-electron chi connectivity index (χ3n) is 9.32. The zero-order chi connectivity index (χ0) is 22.9. The van der Waals surface area contributed by atoms with Gasteiger partial charge in [-0.15, -0.1) is 0 Å². The van der Waals surface area contributed by atoms with Gasteiger partial charge >= 0.3 is 0 Å². The first-order valence-electron chi connectivity index (χ1n) is 12.7. The van der Waals surface area contributed by atoms with E-state index in [2.05, 4.69) is 18.8 Å². The predicted octanol–water partition coefficient (Wildman–Crippen LogP) is 4.88. The molecule has 1 aromatic carbocycles. The van der Waals surface area contributed by atoms with Crippen LogP contribution in [-0.4, -0.2) is 35.4 Å². The number of aliphatic hydroxyl groups is 2. The summed E-state index contributed by atoms with van der Waals surface area (Å²) in [5, 5.41) is 23.3. The molecule has 1 aromatic rings. The minimum atomic E-state index is -0.234. The molecule has 3 N–H and O–H groups in total. The molecule has 0 spiro atoms. The van der Waals surface area contributed by atoms with Crippen LogP contribution < -0.4 is 5.32 Å². The van der Waals surface area contributed by atoms with Crippen molar-refractivity contribution in [2.75, 3.05) is 13.2 Å². The molecule has 3 aliphatic carbocycles. The average molecular weight is 440 g/mol. The first kappa shape index (κ1) is 23.5. The van der Waals surface area contributed by atoms with Crippen LogP contribution in [0.4, 0.5) is 0 Å². The fourth-order valence-electron chi connectivity index (χ4n) is 7.39. The predicted molar refractivity (Wildman–Crippen MR) is 128 cm³/mol. The first-order valence-corrected chi connectivity index (χ1v) is 12.7. The quantitative estimate of drug-likeness (QED) is 0.553. The average Bonchev–Trinajstić information content (AvgIpc) is 3.08. The lowest BCUT2D eigenvalue weighted by Gasteiger charge is -2.52. The van der Waals surface area contributed by atoms with Gasteiger partial charge in [-0.1, -0.05) is 36.8 Å². The zero-order valence-electron chi connectivity index (χ0n) is 19.9. The summed E-state index contributed by atoms with van der Waals surface area (Å²) in [5.74, 6) is 2.40. The van der Waals surface area contributed by atoms with Crippen molar-refractivity contribution in [1.82, 2.24) is 5.32 Å². The van der Waals surface area contributed by atoms with Crippen LogP contribution in [0.5, 0.6) is 0 Å². The smallest absolute Gasteiger partial charge is 0.251 e. The fraction of sp³-hybridized carbons (Fsp3) is 0.679.